The van der Waals surface area contributed by atoms with Gasteiger partial charge in [-0.2, -0.15) is 0 Å². The van der Waals surface area contributed by atoms with Gasteiger partial charge in [0.15, 0.2) is 6.17 Å². The molecule has 2 nitrogen and oxygen atoms in total. The summed E-state index contributed by atoms with van der Waals surface area (Å²) >= 11 is 0. The molecule has 0 radical (unpaired) electrons. The van der Waals surface area contributed by atoms with Crippen LogP contribution in [0.1, 0.15) is 34.1 Å². The Labute approximate surface area is 73.5 Å². The standard InChI is InChI=1S/C7H12FNO.C2H6/c1-4(2)6-3-5(8)7(10)9-6;1-2/h4-6H,3H2,1-2H3,(H,9,10);1-2H3. The fourth-order valence-electron chi connectivity index (χ4n) is 1.10. The zero-order valence-electron chi connectivity index (χ0n) is 8.23. The molecule has 1 saturated heterocycles. The highest BCUT2D eigenvalue weighted by Gasteiger charge is 2.32. The molecule has 0 bridgehead atoms. The first-order chi connectivity index (χ1) is 5.61. The number of amides is 1. The molecule has 0 saturated carbocycles. The lowest BCUT2D eigenvalue weighted by atomic mass is 10.0. The maximum atomic E-state index is 12.5. The molecule has 1 aliphatic rings. The predicted octanol–water partition coefficient (Wildman–Crippen LogP) is 1.90. The van der Waals surface area contributed by atoms with E-state index in [2.05, 4.69) is 5.32 Å². The molecule has 0 spiro atoms. The number of alkyl halides is 1. The van der Waals surface area contributed by atoms with Crippen molar-refractivity contribution in [1.82, 2.24) is 5.32 Å². The van der Waals surface area contributed by atoms with E-state index in [-0.39, 0.29) is 6.04 Å². The molecule has 12 heavy (non-hydrogen) atoms. The highest BCUT2D eigenvalue weighted by molar-refractivity contribution is 5.83. The maximum absolute atomic E-state index is 12.5. The van der Waals surface area contributed by atoms with E-state index in [1.165, 1.54) is 0 Å². The molecule has 2 unspecified atom stereocenters. The molecular formula is C9H18FNO. The van der Waals surface area contributed by atoms with E-state index in [4.69, 9.17) is 0 Å². The molecule has 0 aliphatic carbocycles. The predicted molar refractivity (Wildman–Crippen MR) is 47.6 cm³/mol. The minimum absolute atomic E-state index is 0.0440. The molecule has 72 valence electrons. The maximum Gasteiger partial charge on any atom is 0.254 e. The Kier molecular flexibility index (Phi) is 4.86. The first kappa shape index (κ1) is 11.4. The largest absolute Gasteiger partial charge is 0.350 e. The summed E-state index contributed by atoms with van der Waals surface area (Å²) in [6, 6.07) is 0.0440. The van der Waals surface area contributed by atoms with Gasteiger partial charge in [-0.1, -0.05) is 27.7 Å². The Hall–Kier alpha value is -0.600. The number of carbonyl (C=O) groups is 1. The van der Waals surface area contributed by atoms with Gasteiger partial charge in [0.1, 0.15) is 0 Å². The average Bonchev–Trinajstić information content (AvgIpc) is 2.36. The molecule has 2 atom stereocenters. The normalized spacial score (nSPS) is 28.0. The van der Waals surface area contributed by atoms with Crippen LogP contribution in [0.4, 0.5) is 4.39 Å². The minimum atomic E-state index is -1.27. The Bertz CT molecular complexity index is 147. The van der Waals surface area contributed by atoms with Crippen LogP contribution in [0.3, 0.4) is 0 Å². The molecular weight excluding hydrogens is 157 g/mol. The van der Waals surface area contributed by atoms with E-state index in [1.54, 1.807) is 0 Å². The Morgan fingerprint density at radius 3 is 2.17 bits per heavy atom. The van der Waals surface area contributed by atoms with Crippen molar-refractivity contribution >= 4 is 5.91 Å². The van der Waals surface area contributed by atoms with Crippen LogP contribution in [0.2, 0.25) is 0 Å². The van der Waals surface area contributed by atoms with Gasteiger partial charge in [0.2, 0.25) is 0 Å². The average molecular weight is 175 g/mol. The Balaban J connectivity index is 0.000000561. The van der Waals surface area contributed by atoms with Crippen molar-refractivity contribution in [3.8, 4) is 0 Å². The number of carbonyl (C=O) groups excluding carboxylic acids is 1. The summed E-state index contributed by atoms with van der Waals surface area (Å²) in [5, 5.41) is 2.59. The van der Waals surface area contributed by atoms with Crippen LogP contribution in [0.15, 0.2) is 0 Å². The number of rotatable bonds is 1. The van der Waals surface area contributed by atoms with E-state index in [1.807, 2.05) is 27.7 Å². The van der Waals surface area contributed by atoms with Gasteiger partial charge in [0, 0.05) is 12.5 Å². The minimum Gasteiger partial charge on any atom is -0.350 e. The summed E-state index contributed by atoms with van der Waals surface area (Å²) in [5.41, 5.74) is 0. The van der Waals surface area contributed by atoms with Crippen molar-refractivity contribution in [3.05, 3.63) is 0 Å². The lowest BCUT2D eigenvalue weighted by Gasteiger charge is -2.12. The third-order valence-corrected chi connectivity index (χ3v) is 1.88. The van der Waals surface area contributed by atoms with Crippen LogP contribution in [-0.4, -0.2) is 18.1 Å². The lowest BCUT2D eigenvalue weighted by molar-refractivity contribution is -0.123. The fraction of sp³-hybridized carbons (Fsp3) is 0.889. The van der Waals surface area contributed by atoms with Crippen LogP contribution in [0.25, 0.3) is 0 Å². The monoisotopic (exact) mass is 175 g/mol. The van der Waals surface area contributed by atoms with Gasteiger partial charge in [-0.15, -0.1) is 0 Å². The van der Waals surface area contributed by atoms with E-state index in [0.717, 1.165) is 0 Å². The highest BCUT2D eigenvalue weighted by Crippen LogP contribution is 2.17. The van der Waals surface area contributed by atoms with Gasteiger partial charge in [-0.05, 0) is 5.92 Å². The first-order valence-electron chi connectivity index (χ1n) is 4.55. The van der Waals surface area contributed by atoms with E-state index in [0.29, 0.717) is 12.3 Å². The molecule has 0 aromatic carbocycles. The van der Waals surface area contributed by atoms with Gasteiger partial charge >= 0.3 is 0 Å². The first-order valence-corrected chi connectivity index (χ1v) is 4.55. The molecule has 0 aromatic rings. The molecule has 0 aromatic heterocycles. The summed E-state index contributed by atoms with van der Waals surface area (Å²) < 4.78 is 12.5. The lowest BCUT2D eigenvalue weighted by Crippen LogP contribution is -2.30. The van der Waals surface area contributed by atoms with Crippen molar-refractivity contribution in [2.75, 3.05) is 0 Å². The van der Waals surface area contributed by atoms with E-state index < -0.39 is 12.1 Å². The van der Waals surface area contributed by atoms with Crippen molar-refractivity contribution in [2.45, 2.75) is 46.3 Å². The zero-order valence-corrected chi connectivity index (χ0v) is 8.23. The topological polar surface area (TPSA) is 29.1 Å². The molecule has 1 amide bonds. The molecule has 1 N–H and O–H groups in total. The molecule has 1 aliphatic heterocycles. The van der Waals surface area contributed by atoms with Gasteiger partial charge in [0.25, 0.3) is 5.91 Å². The Morgan fingerprint density at radius 2 is 2.00 bits per heavy atom. The van der Waals surface area contributed by atoms with Crippen molar-refractivity contribution in [1.29, 1.82) is 0 Å². The Morgan fingerprint density at radius 1 is 1.50 bits per heavy atom. The summed E-state index contributed by atoms with van der Waals surface area (Å²) in [6.07, 6.45) is -0.927. The van der Waals surface area contributed by atoms with Crippen LogP contribution >= 0.6 is 0 Å². The SMILES string of the molecule is CC.CC(C)C1CC(F)C(=O)N1. The quantitative estimate of drug-likeness (QED) is 0.648. The smallest absolute Gasteiger partial charge is 0.254 e. The van der Waals surface area contributed by atoms with Crippen LogP contribution in [0, 0.1) is 5.92 Å². The van der Waals surface area contributed by atoms with Gasteiger partial charge in [-0.25, -0.2) is 4.39 Å². The third kappa shape index (κ3) is 2.80. The van der Waals surface area contributed by atoms with E-state index in [9.17, 15) is 9.18 Å². The van der Waals surface area contributed by atoms with Crippen molar-refractivity contribution in [3.63, 3.8) is 0 Å². The summed E-state index contributed by atoms with van der Waals surface area (Å²) in [7, 11) is 0. The summed E-state index contributed by atoms with van der Waals surface area (Å²) in [6.45, 7) is 7.95. The van der Waals surface area contributed by atoms with Crippen LogP contribution in [0.5, 0.6) is 0 Å². The number of hydrogen-bond donors (Lipinski definition) is 1. The van der Waals surface area contributed by atoms with Gasteiger partial charge < -0.3 is 5.32 Å². The zero-order chi connectivity index (χ0) is 9.72. The number of nitrogens with one attached hydrogen (secondary N) is 1. The van der Waals surface area contributed by atoms with Crippen LogP contribution in [-0.2, 0) is 4.79 Å². The van der Waals surface area contributed by atoms with Gasteiger partial charge in [0.05, 0.1) is 0 Å². The number of halogens is 1. The second-order valence-corrected chi connectivity index (χ2v) is 3.06. The highest BCUT2D eigenvalue weighted by atomic mass is 19.1. The van der Waals surface area contributed by atoms with E-state index >= 15 is 0 Å². The molecule has 3 heteroatoms. The van der Waals surface area contributed by atoms with Crippen LogP contribution < -0.4 is 5.32 Å². The second-order valence-electron chi connectivity index (χ2n) is 3.06. The summed E-state index contributed by atoms with van der Waals surface area (Å²) in [4.78, 5) is 10.6. The molecule has 1 fully saturated rings. The molecule has 1 heterocycles. The number of hydrogen-bond acceptors (Lipinski definition) is 1. The van der Waals surface area contributed by atoms with Gasteiger partial charge in [-0.3, -0.25) is 4.79 Å². The second kappa shape index (κ2) is 5.12. The summed E-state index contributed by atoms with van der Waals surface area (Å²) in [5.74, 6) is -0.108. The molecule has 1 rings (SSSR count). The third-order valence-electron chi connectivity index (χ3n) is 1.88. The fourth-order valence-corrected chi connectivity index (χ4v) is 1.10. The van der Waals surface area contributed by atoms with Crippen molar-refractivity contribution in [2.24, 2.45) is 5.92 Å². The van der Waals surface area contributed by atoms with Crippen molar-refractivity contribution < 1.29 is 9.18 Å².